The van der Waals surface area contributed by atoms with Crippen LogP contribution in [0.5, 0.6) is 6.01 Å². The SMILES string of the molecule is CCOc1ncc(N)n1CC. The third kappa shape index (κ3) is 1.45. The molecule has 4 nitrogen and oxygen atoms in total. The van der Waals surface area contributed by atoms with Crippen LogP contribution in [0, 0.1) is 0 Å². The van der Waals surface area contributed by atoms with E-state index in [1.807, 2.05) is 18.4 Å². The van der Waals surface area contributed by atoms with Gasteiger partial charge in [-0.3, -0.25) is 4.57 Å². The summed E-state index contributed by atoms with van der Waals surface area (Å²) < 4.78 is 7.04. The second kappa shape index (κ2) is 3.27. The van der Waals surface area contributed by atoms with Crippen molar-refractivity contribution in [2.75, 3.05) is 12.3 Å². The molecular weight excluding hydrogens is 142 g/mol. The second-order valence-electron chi connectivity index (χ2n) is 2.14. The lowest BCUT2D eigenvalue weighted by Crippen LogP contribution is -2.04. The minimum Gasteiger partial charge on any atom is -0.465 e. The van der Waals surface area contributed by atoms with Gasteiger partial charge in [-0.15, -0.1) is 0 Å². The number of rotatable bonds is 3. The molecule has 1 aromatic heterocycles. The fraction of sp³-hybridized carbons (Fsp3) is 0.571. The maximum atomic E-state index is 5.60. The van der Waals surface area contributed by atoms with Gasteiger partial charge in [-0.05, 0) is 13.8 Å². The predicted molar refractivity (Wildman–Crippen MR) is 43.5 cm³/mol. The van der Waals surface area contributed by atoms with Crippen LogP contribution in [0.25, 0.3) is 0 Å². The molecule has 4 heteroatoms. The molecule has 1 aromatic rings. The molecule has 0 aromatic carbocycles. The molecule has 1 rings (SSSR count). The van der Waals surface area contributed by atoms with Crippen molar-refractivity contribution in [3.05, 3.63) is 6.20 Å². The van der Waals surface area contributed by atoms with Crippen molar-refractivity contribution >= 4 is 5.82 Å². The largest absolute Gasteiger partial charge is 0.465 e. The first-order valence-corrected chi connectivity index (χ1v) is 3.73. The van der Waals surface area contributed by atoms with E-state index < -0.39 is 0 Å². The lowest BCUT2D eigenvalue weighted by atomic mass is 10.6. The Morgan fingerprint density at radius 3 is 2.91 bits per heavy atom. The molecule has 0 bridgehead atoms. The van der Waals surface area contributed by atoms with Crippen molar-refractivity contribution in [2.24, 2.45) is 0 Å². The first-order chi connectivity index (χ1) is 5.29. The molecule has 0 spiro atoms. The molecule has 1 heterocycles. The van der Waals surface area contributed by atoms with Gasteiger partial charge in [0.1, 0.15) is 5.82 Å². The number of hydrogen-bond donors (Lipinski definition) is 1. The Hall–Kier alpha value is -1.19. The molecule has 0 saturated carbocycles. The minimum atomic E-state index is 0.604. The zero-order valence-corrected chi connectivity index (χ0v) is 6.87. The van der Waals surface area contributed by atoms with E-state index >= 15 is 0 Å². The lowest BCUT2D eigenvalue weighted by Gasteiger charge is -2.05. The standard InChI is InChI=1S/C7H13N3O/c1-3-10-6(8)5-9-7(10)11-4-2/h5H,3-4,8H2,1-2H3. The van der Waals surface area contributed by atoms with Crippen molar-refractivity contribution in [3.8, 4) is 6.01 Å². The Kier molecular flexibility index (Phi) is 2.36. The van der Waals surface area contributed by atoms with Crippen molar-refractivity contribution in [3.63, 3.8) is 0 Å². The number of imidazole rings is 1. The summed E-state index contributed by atoms with van der Waals surface area (Å²) >= 11 is 0. The normalized spacial score (nSPS) is 10.0. The number of ether oxygens (including phenoxy) is 1. The van der Waals surface area contributed by atoms with E-state index in [1.165, 1.54) is 0 Å². The molecule has 0 aliphatic rings. The van der Waals surface area contributed by atoms with Gasteiger partial charge in [0.05, 0.1) is 12.8 Å². The van der Waals surface area contributed by atoms with Crippen molar-refractivity contribution < 1.29 is 4.74 Å². The third-order valence-corrected chi connectivity index (χ3v) is 1.44. The highest BCUT2D eigenvalue weighted by atomic mass is 16.5. The average molecular weight is 155 g/mol. The van der Waals surface area contributed by atoms with Crippen LogP contribution in [-0.2, 0) is 6.54 Å². The summed E-state index contributed by atoms with van der Waals surface area (Å²) in [5.74, 6) is 0.649. The van der Waals surface area contributed by atoms with E-state index in [2.05, 4.69) is 4.98 Å². The highest BCUT2D eigenvalue weighted by Gasteiger charge is 2.04. The molecule has 0 unspecified atom stereocenters. The van der Waals surface area contributed by atoms with Crippen LogP contribution in [0.15, 0.2) is 6.20 Å². The first-order valence-electron chi connectivity index (χ1n) is 3.73. The first kappa shape index (κ1) is 7.91. The topological polar surface area (TPSA) is 53.1 Å². The van der Waals surface area contributed by atoms with Gasteiger partial charge < -0.3 is 10.5 Å². The molecule has 0 fully saturated rings. The van der Waals surface area contributed by atoms with E-state index in [4.69, 9.17) is 10.5 Å². The fourth-order valence-electron chi connectivity index (χ4n) is 0.933. The van der Waals surface area contributed by atoms with Gasteiger partial charge in [0.15, 0.2) is 0 Å². The summed E-state index contributed by atoms with van der Waals surface area (Å²) in [5.41, 5.74) is 5.60. The summed E-state index contributed by atoms with van der Waals surface area (Å²) in [5, 5.41) is 0. The summed E-state index contributed by atoms with van der Waals surface area (Å²) in [4.78, 5) is 3.99. The van der Waals surface area contributed by atoms with E-state index in [0.29, 0.717) is 18.4 Å². The lowest BCUT2D eigenvalue weighted by molar-refractivity contribution is 0.298. The van der Waals surface area contributed by atoms with Gasteiger partial charge in [0.2, 0.25) is 0 Å². The van der Waals surface area contributed by atoms with Crippen LogP contribution < -0.4 is 10.5 Å². The molecule has 0 amide bonds. The number of aromatic nitrogens is 2. The monoisotopic (exact) mass is 155 g/mol. The minimum absolute atomic E-state index is 0.604. The molecule has 2 N–H and O–H groups in total. The third-order valence-electron chi connectivity index (χ3n) is 1.44. The predicted octanol–water partition coefficient (Wildman–Crippen LogP) is 0.884. The number of nitrogens with zero attached hydrogens (tertiary/aromatic N) is 2. The van der Waals surface area contributed by atoms with Gasteiger partial charge in [-0.25, -0.2) is 4.98 Å². The zero-order valence-electron chi connectivity index (χ0n) is 6.87. The Labute approximate surface area is 66.0 Å². The smallest absolute Gasteiger partial charge is 0.297 e. The summed E-state index contributed by atoms with van der Waals surface area (Å²) in [6.07, 6.45) is 1.61. The number of nitrogen functional groups attached to an aromatic ring is 1. The molecule has 0 saturated heterocycles. The van der Waals surface area contributed by atoms with Crippen LogP contribution in [0.4, 0.5) is 5.82 Å². The zero-order chi connectivity index (χ0) is 8.27. The molecule has 0 radical (unpaired) electrons. The molecular formula is C7H13N3O. The molecule has 62 valence electrons. The maximum Gasteiger partial charge on any atom is 0.297 e. The Morgan fingerprint density at radius 1 is 1.64 bits per heavy atom. The van der Waals surface area contributed by atoms with E-state index in [-0.39, 0.29) is 0 Å². The number of hydrogen-bond acceptors (Lipinski definition) is 3. The quantitative estimate of drug-likeness (QED) is 0.705. The number of anilines is 1. The molecule has 0 aliphatic heterocycles. The molecule has 0 aliphatic carbocycles. The Balaban J connectivity index is 2.86. The highest BCUT2D eigenvalue weighted by molar-refractivity contribution is 5.29. The molecule has 11 heavy (non-hydrogen) atoms. The van der Waals surface area contributed by atoms with E-state index in [0.717, 1.165) is 6.54 Å². The Morgan fingerprint density at radius 2 is 2.36 bits per heavy atom. The highest BCUT2D eigenvalue weighted by Crippen LogP contribution is 2.13. The van der Waals surface area contributed by atoms with Gasteiger partial charge in [0.25, 0.3) is 6.01 Å². The van der Waals surface area contributed by atoms with Crippen LogP contribution in [0.3, 0.4) is 0 Å². The Bertz CT molecular complexity index is 232. The van der Waals surface area contributed by atoms with Crippen molar-refractivity contribution in [2.45, 2.75) is 20.4 Å². The van der Waals surface area contributed by atoms with Gasteiger partial charge >= 0.3 is 0 Å². The van der Waals surface area contributed by atoms with E-state index in [9.17, 15) is 0 Å². The van der Waals surface area contributed by atoms with Crippen LogP contribution in [-0.4, -0.2) is 16.2 Å². The van der Waals surface area contributed by atoms with Crippen molar-refractivity contribution in [1.82, 2.24) is 9.55 Å². The average Bonchev–Trinajstić information content (AvgIpc) is 2.33. The second-order valence-corrected chi connectivity index (χ2v) is 2.14. The fourth-order valence-corrected chi connectivity index (χ4v) is 0.933. The van der Waals surface area contributed by atoms with Crippen LogP contribution in [0.1, 0.15) is 13.8 Å². The molecule has 0 atom stereocenters. The summed E-state index contributed by atoms with van der Waals surface area (Å²) in [6, 6.07) is 0.604. The van der Waals surface area contributed by atoms with E-state index in [1.54, 1.807) is 6.20 Å². The van der Waals surface area contributed by atoms with Crippen LogP contribution >= 0.6 is 0 Å². The summed E-state index contributed by atoms with van der Waals surface area (Å²) in [7, 11) is 0. The maximum absolute atomic E-state index is 5.60. The van der Waals surface area contributed by atoms with Gasteiger partial charge in [0, 0.05) is 6.54 Å². The van der Waals surface area contributed by atoms with Crippen LogP contribution in [0.2, 0.25) is 0 Å². The summed E-state index contributed by atoms with van der Waals surface area (Å²) in [6.45, 7) is 5.34. The van der Waals surface area contributed by atoms with Crippen molar-refractivity contribution in [1.29, 1.82) is 0 Å². The van der Waals surface area contributed by atoms with Gasteiger partial charge in [-0.2, -0.15) is 0 Å². The number of nitrogens with two attached hydrogens (primary N) is 1. The van der Waals surface area contributed by atoms with Gasteiger partial charge in [-0.1, -0.05) is 0 Å².